The molecule has 1 heterocycles. The monoisotopic (exact) mass is 304 g/mol. The highest BCUT2D eigenvalue weighted by Gasteiger charge is 2.23. The van der Waals surface area contributed by atoms with Gasteiger partial charge >= 0.3 is 0 Å². The zero-order valence-electron chi connectivity index (χ0n) is 14.0. The van der Waals surface area contributed by atoms with E-state index in [2.05, 4.69) is 17.1 Å². The summed E-state index contributed by atoms with van der Waals surface area (Å²) < 4.78 is 5.37. The van der Waals surface area contributed by atoms with Crippen molar-refractivity contribution >= 4 is 5.91 Å². The highest BCUT2D eigenvalue weighted by molar-refractivity contribution is 5.78. The number of hydrogen-bond acceptors (Lipinski definition) is 3. The van der Waals surface area contributed by atoms with Crippen molar-refractivity contribution in [3.8, 4) is 5.75 Å². The molecule has 0 bridgehead atoms. The Morgan fingerprint density at radius 1 is 1.41 bits per heavy atom. The summed E-state index contributed by atoms with van der Waals surface area (Å²) in [7, 11) is 1.66. The SMILES string of the molecule is CCC1CCCCN1CC(=O)NC(C)c1ccccc1OC. The van der Waals surface area contributed by atoms with Gasteiger partial charge in [-0.2, -0.15) is 0 Å². The lowest BCUT2D eigenvalue weighted by atomic mass is 10.00. The molecule has 1 aliphatic heterocycles. The summed E-state index contributed by atoms with van der Waals surface area (Å²) in [6, 6.07) is 8.35. The topological polar surface area (TPSA) is 41.6 Å². The van der Waals surface area contributed by atoms with Gasteiger partial charge in [-0.3, -0.25) is 9.69 Å². The maximum absolute atomic E-state index is 12.4. The van der Waals surface area contributed by atoms with Crippen molar-refractivity contribution in [2.75, 3.05) is 20.2 Å². The van der Waals surface area contributed by atoms with Crippen molar-refractivity contribution in [1.82, 2.24) is 10.2 Å². The third kappa shape index (κ3) is 4.23. The molecule has 1 fully saturated rings. The summed E-state index contributed by atoms with van der Waals surface area (Å²) >= 11 is 0. The van der Waals surface area contributed by atoms with Crippen molar-refractivity contribution in [1.29, 1.82) is 0 Å². The summed E-state index contributed by atoms with van der Waals surface area (Å²) in [6.07, 6.45) is 4.82. The number of carbonyl (C=O) groups excluding carboxylic acids is 1. The lowest BCUT2D eigenvalue weighted by Crippen LogP contribution is -2.45. The lowest BCUT2D eigenvalue weighted by Gasteiger charge is -2.34. The number of nitrogens with zero attached hydrogens (tertiary/aromatic N) is 1. The molecular weight excluding hydrogens is 276 g/mol. The maximum atomic E-state index is 12.4. The Kier molecular flexibility index (Phi) is 6.25. The van der Waals surface area contributed by atoms with E-state index in [9.17, 15) is 4.79 Å². The van der Waals surface area contributed by atoms with Gasteiger partial charge in [-0.05, 0) is 38.8 Å². The number of benzene rings is 1. The van der Waals surface area contributed by atoms with Crippen molar-refractivity contribution in [3.63, 3.8) is 0 Å². The van der Waals surface area contributed by atoms with Crippen LogP contribution in [0.2, 0.25) is 0 Å². The van der Waals surface area contributed by atoms with Gasteiger partial charge in [0.05, 0.1) is 19.7 Å². The maximum Gasteiger partial charge on any atom is 0.234 e. The number of ether oxygens (including phenoxy) is 1. The molecule has 1 aromatic rings. The summed E-state index contributed by atoms with van der Waals surface area (Å²) in [6.45, 7) is 5.74. The first-order chi connectivity index (χ1) is 10.7. The molecule has 122 valence electrons. The van der Waals surface area contributed by atoms with Gasteiger partial charge in [-0.15, -0.1) is 0 Å². The Morgan fingerprint density at radius 2 is 2.18 bits per heavy atom. The van der Waals surface area contributed by atoms with Gasteiger partial charge in [0, 0.05) is 11.6 Å². The molecule has 1 aromatic carbocycles. The molecule has 2 unspecified atom stereocenters. The predicted molar refractivity (Wildman–Crippen MR) is 89.1 cm³/mol. The van der Waals surface area contributed by atoms with Crippen LogP contribution in [0.3, 0.4) is 0 Å². The van der Waals surface area contributed by atoms with Crippen LogP contribution < -0.4 is 10.1 Å². The molecule has 4 heteroatoms. The van der Waals surface area contributed by atoms with Gasteiger partial charge < -0.3 is 10.1 Å². The van der Waals surface area contributed by atoms with Crippen molar-refractivity contribution in [2.24, 2.45) is 0 Å². The Labute approximate surface area is 133 Å². The first-order valence-corrected chi connectivity index (χ1v) is 8.32. The minimum atomic E-state index is -0.0477. The van der Waals surface area contributed by atoms with Crippen LogP contribution in [0.5, 0.6) is 5.75 Å². The zero-order valence-corrected chi connectivity index (χ0v) is 14.0. The molecular formula is C18H28N2O2. The second kappa shape index (κ2) is 8.18. The number of methoxy groups -OCH3 is 1. The van der Waals surface area contributed by atoms with Crippen LogP contribution in [-0.2, 0) is 4.79 Å². The molecule has 1 saturated heterocycles. The van der Waals surface area contributed by atoms with Crippen molar-refractivity contribution in [3.05, 3.63) is 29.8 Å². The van der Waals surface area contributed by atoms with E-state index in [1.165, 1.54) is 19.3 Å². The number of nitrogens with one attached hydrogen (secondary N) is 1. The number of likely N-dealkylation sites (tertiary alicyclic amines) is 1. The molecule has 0 radical (unpaired) electrons. The average Bonchev–Trinajstić information content (AvgIpc) is 2.55. The van der Waals surface area contributed by atoms with E-state index in [4.69, 9.17) is 4.74 Å². The minimum Gasteiger partial charge on any atom is -0.496 e. The van der Waals surface area contributed by atoms with E-state index < -0.39 is 0 Å². The van der Waals surface area contributed by atoms with Crippen LogP contribution in [-0.4, -0.2) is 37.0 Å². The average molecular weight is 304 g/mol. The van der Waals surface area contributed by atoms with Gasteiger partial charge in [0.1, 0.15) is 5.75 Å². The Hall–Kier alpha value is -1.55. The summed E-state index contributed by atoms with van der Waals surface area (Å²) in [5.74, 6) is 0.915. The van der Waals surface area contributed by atoms with Gasteiger partial charge in [0.2, 0.25) is 5.91 Å². The normalized spacial score (nSPS) is 20.4. The first kappa shape index (κ1) is 16.8. The van der Waals surface area contributed by atoms with Crippen LogP contribution in [0.4, 0.5) is 0 Å². The molecule has 0 spiro atoms. The molecule has 4 nitrogen and oxygen atoms in total. The largest absolute Gasteiger partial charge is 0.496 e. The fourth-order valence-electron chi connectivity index (χ4n) is 3.30. The van der Waals surface area contributed by atoms with Crippen LogP contribution in [0, 0.1) is 0 Å². The van der Waals surface area contributed by atoms with E-state index in [1.54, 1.807) is 7.11 Å². The molecule has 0 saturated carbocycles. The van der Waals surface area contributed by atoms with Crippen molar-refractivity contribution < 1.29 is 9.53 Å². The van der Waals surface area contributed by atoms with Gasteiger partial charge in [0.15, 0.2) is 0 Å². The number of carbonyl (C=O) groups is 1. The third-order valence-corrected chi connectivity index (χ3v) is 4.55. The van der Waals surface area contributed by atoms with E-state index in [0.717, 1.165) is 24.3 Å². The molecule has 0 aromatic heterocycles. The minimum absolute atomic E-state index is 0.0477. The zero-order chi connectivity index (χ0) is 15.9. The molecule has 2 atom stereocenters. The molecule has 1 N–H and O–H groups in total. The number of rotatable bonds is 6. The van der Waals surface area contributed by atoms with Gasteiger partial charge in [-0.25, -0.2) is 0 Å². The second-order valence-corrected chi connectivity index (χ2v) is 6.06. The van der Waals surface area contributed by atoms with Crippen LogP contribution in [0.25, 0.3) is 0 Å². The first-order valence-electron chi connectivity index (χ1n) is 8.32. The molecule has 22 heavy (non-hydrogen) atoms. The fourth-order valence-corrected chi connectivity index (χ4v) is 3.30. The fraction of sp³-hybridized carbons (Fsp3) is 0.611. The molecule has 1 amide bonds. The molecule has 2 rings (SSSR count). The highest BCUT2D eigenvalue weighted by Crippen LogP contribution is 2.24. The second-order valence-electron chi connectivity index (χ2n) is 6.06. The summed E-state index contributed by atoms with van der Waals surface area (Å²) in [5, 5.41) is 3.10. The molecule has 1 aliphatic rings. The quantitative estimate of drug-likeness (QED) is 0.878. The predicted octanol–water partition coefficient (Wildman–Crippen LogP) is 3.14. The number of piperidine rings is 1. The summed E-state index contributed by atoms with van der Waals surface area (Å²) in [4.78, 5) is 14.7. The summed E-state index contributed by atoms with van der Waals surface area (Å²) in [5.41, 5.74) is 1.02. The van der Waals surface area contributed by atoms with E-state index >= 15 is 0 Å². The standard InChI is InChI=1S/C18H28N2O2/c1-4-15-9-7-8-12-20(15)13-18(21)19-14(2)16-10-5-6-11-17(16)22-3/h5-6,10-11,14-15H,4,7-9,12-13H2,1-3H3,(H,19,21). The Balaban J connectivity index is 1.93. The highest BCUT2D eigenvalue weighted by atomic mass is 16.5. The van der Waals surface area contributed by atoms with E-state index in [0.29, 0.717) is 12.6 Å². The van der Waals surface area contributed by atoms with Crippen LogP contribution in [0.1, 0.15) is 51.1 Å². The van der Waals surface area contributed by atoms with E-state index in [-0.39, 0.29) is 11.9 Å². The lowest BCUT2D eigenvalue weighted by molar-refractivity contribution is -0.123. The number of para-hydroxylation sites is 1. The van der Waals surface area contributed by atoms with Crippen LogP contribution in [0.15, 0.2) is 24.3 Å². The van der Waals surface area contributed by atoms with Crippen molar-refractivity contribution in [2.45, 2.75) is 51.6 Å². The Morgan fingerprint density at radius 3 is 2.91 bits per heavy atom. The van der Waals surface area contributed by atoms with Gasteiger partial charge in [-0.1, -0.05) is 31.5 Å². The third-order valence-electron chi connectivity index (χ3n) is 4.55. The molecule has 0 aliphatic carbocycles. The van der Waals surface area contributed by atoms with Gasteiger partial charge in [0.25, 0.3) is 0 Å². The Bertz CT molecular complexity index is 490. The van der Waals surface area contributed by atoms with E-state index in [1.807, 2.05) is 31.2 Å². The number of amides is 1. The smallest absolute Gasteiger partial charge is 0.234 e. The van der Waals surface area contributed by atoms with Crippen LogP contribution >= 0.6 is 0 Å². The number of hydrogen-bond donors (Lipinski definition) is 1.